The number of nitrogens with zero attached hydrogens (tertiary/aromatic N) is 4. The van der Waals surface area contributed by atoms with Crippen molar-refractivity contribution in [1.29, 1.82) is 0 Å². The van der Waals surface area contributed by atoms with Crippen molar-refractivity contribution in [3.63, 3.8) is 0 Å². The van der Waals surface area contributed by atoms with E-state index in [-0.39, 0.29) is 62.2 Å². The Morgan fingerprint density at radius 1 is 1.11 bits per heavy atom. The summed E-state index contributed by atoms with van der Waals surface area (Å²) in [7, 11) is 6.68. The Morgan fingerprint density at radius 3 is 2.14 bits per heavy atom. The molecule has 0 aliphatic carbocycles. The average Bonchev–Trinajstić information content (AvgIpc) is 3.14. The third kappa shape index (κ3) is 6.24. The van der Waals surface area contributed by atoms with Gasteiger partial charge in [0.05, 0.1) is 6.04 Å². The minimum Gasteiger partial charge on any atom is -0.540 e. The predicted octanol–water partition coefficient (Wildman–Crippen LogP) is -0.362. The summed E-state index contributed by atoms with van der Waals surface area (Å²) in [6.45, 7) is 3.95. The van der Waals surface area contributed by atoms with Crippen molar-refractivity contribution >= 4 is 36.6 Å². The molecule has 1 heterocycles. The summed E-state index contributed by atoms with van der Waals surface area (Å²) in [6.07, 6.45) is 3.10. The van der Waals surface area contributed by atoms with Gasteiger partial charge in [-0.05, 0) is 46.5 Å². The molecular weight excluding hydrogens is 457 g/mol. The fourth-order valence-electron chi connectivity index (χ4n) is 3.03. The van der Waals surface area contributed by atoms with E-state index in [1.807, 2.05) is 14.1 Å². The number of likely N-dealkylation sites (N-methyl/N-ethyl adjacent to an activating group) is 3. The molecule has 4 unspecified atom stereocenters. The maximum absolute atomic E-state index is 13.0. The van der Waals surface area contributed by atoms with Crippen LogP contribution in [0.15, 0.2) is 0 Å². The van der Waals surface area contributed by atoms with E-state index in [4.69, 9.17) is 0 Å². The molecule has 10 heteroatoms. The third-order valence-corrected chi connectivity index (χ3v) is 5.71. The maximum atomic E-state index is 13.0. The summed E-state index contributed by atoms with van der Waals surface area (Å²) in [4.78, 5) is 55.3. The Morgan fingerprint density at radius 2 is 1.68 bits per heavy atom. The Labute approximate surface area is 198 Å². The van der Waals surface area contributed by atoms with Gasteiger partial charge in [0.2, 0.25) is 17.7 Å². The van der Waals surface area contributed by atoms with E-state index in [0.29, 0.717) is 13.0 Å². The standard InChI is InChI=1S/C18H31N4O4S.Y/c1-12(19(3)4)17(25)22-9-7-8-15(22)18(26)20(5)13(2)16(24)21(6)14(10-23)11-27;/h12-15,27H,7-9,11H2,1-6H3;/q-1;. The Hall–Kier alpha value is -0.506. The summed E-state index contributed by atoms with van der Waals surface area (Å²) in [5, 5.41) is 0. The zero-order valence-electron chi connectivity index (χ0n) is 17.6. The summed E-state index contributed by atoms with van der Waals surface area (Å²) >= 11 is 4.05. The van der Waals surface area contributed by atoms with E-state index in [1.165, 1.54) is 16.8 Å². The fraction of sp³-hybridized carbons (Fsp3) is 0.778. The zero-order chi connectivity index (χ0) is 20.9. The maximum Gasteiger partial charge on any atom is 0.245 e. The number of carbonyl (C=O) groups is 3. The number of rotatable bonds is 8. The first-order chi connectivity index (χ1) is 12.6. The molecular formula is C18H31N4O4SY-. The molecule has 1 aliphatic heterocycles. The molecule has 0 saturated carbocycles. The van der Waals surface area contributed by atoms with Crippen molar-refractivity contribution in [3.05, 3.63) is 0 Å². The van der Waals surface area contributed by atoms with Crippen LogP contribution in [0.5, 0.6) is 0 Å². The Kier molecular flexibility index (Phi) is 12.0. The van der Waals surface area contributed by atoms with Gasteiger partial charge >= 0.3 is 0 Å². The minimum absolute atomic E-state index is 0. The van der Waals surface area contributed by atoms with Gasteiger partial charge in [0.1, 0.15) is 12.1 Å². The van der Waals surface area contributed by atoms with E-state index in [0.717, 1.165) is 6.42 Å². The van der Waals surface area contributed by atoms with E-state index < -0.39 is 18.1 Å². The molecule has 8 nitrogen and oxygen atoms in total. The van der Waals surface area contributed by atoms with Gasteiger partial charge in [-0.1, -0.05) is 6.04 Å². The summed E-state index contributed by atoms with van der Waals surface area (Å²) in [5.74, 6) is -0.570. The first-order valence-corrected chi connectivity index (χ1v) is 9.70. The minimum atomic E-state index is -0.766. The summed E-state index contributed by atoms with van der Waals surface area (Å²) in [5.41, 5.74) is 0. The second kappa shape index (κ2) is 12.2. The second-order valence-electron chi connectivity index (χ2n) is 7.22. The molecule has 3 amide bonds. The average molecular weight is 488 g/mol. The van der Waals surface area contributed by atoms with Crippen LogP contribution < -0.4 is 0 Å². The van der Waals surface area contributed by atoms with Crippen LogP contribution in [0.4, 0.5) is 0 Å². The van der Waals surface area contributed by atoms with Gasteiger partial charge in [-0.25, -0.2) is 6.29 Å². The van der Waals surface area contributed by atoms with Crippen LogP contribution in [0.2, 0.25) is 0 Å². The van der Waals surface area contributed by atoms with Crippen molar-refractivity contribution < 1.29 is 51.9 Å². The normalized spacial score (nSPS) is 19.4. The predicted molar refractivity (Wildman–Crippen MR) is 106 cm³/mol. The molecule has 0 aromatic carbocycles. The van der Waals surface area contributed by atoms with Gasteiger partial charge in [-0.3, -0.25) is 19.3 Å². The van der Waals surface area contributed by atoms with Crippen LogP contribution in [0, 0.1) is 0 Å². The topological polar surface area (TPSA) is 81.2 Å². The molecule has 1 saturated heterocycles. The van der Waals surface area contributed by atoms with Gasteiger partial charge in [-0.2, -0.15) is 12.6 Å². The number of amides is 3. The van der Waals surface area contributed by atoms with E-state index in [1.54, 1.807) is 37.0 Å². The number of likely N-dealkylation sites (tertiary alicyclic amines) is 1. The number of thiol groups is 1. The van der Waals surface area contributed by atoms with Crippen molar-refractivity contribution in [1.82, 2.24) is 19.6 Å². The van der Waals surface area contributed by atoms with Gasteiger partial charge in [0, 0.05) is 53.3 Å². The van der Waals surface area contributed by atoms with Crippen LogP contribution in [-0.4, -0.2) is 108 Å². The van der Waals surface area contributed by atoms with Crippen molar-refractivity contribution in [2.45, 2.75) is 50.9 Å². The molecule has 0 aromatic heterocycles. The smallest absolute Gasteiger partial charge is 0.245 e. The first-order valence-electron chi connectivity index (χ1n) is 9.07. The quantitative estimate of drug-likeness (QED) is 0.373. The van der Waals surface area contributed by atoms with Crippen molar-refractivity contribution in [2.24, 2.45) is 0 Å². The fourth-order valence-corrected chi connectivity index (χ4v) is 3.35. The third-order valence-electron chi connectivity index (χ3n) is 5.36. The zero-order valence-corrected chi connectivity index (χ0v) is 21.3. The van der Waals surface area contributed by atoms with Gasteiger partial charge in [0.15, 0.2) is 0 Å². The van der Waals surface area contributed by atoms with E-state index >= 15 is 0 Å². The molecule has 157 valence electrons. The van der Waals surface area contributed by atoms with Gasteiger partial charge < -0.3 is 19.5 Å². The summed E-state index contributed by atoms with van der Waals surface area (Å²) < 4.78 is 0. The van der Waals surface area contributed by atoms with Crippen molar-refractivity contribution in [2.75, 3.05) is 40.5 Å². The largest absolute Gasteiger partial charge is 0.540 e. The van der Waals surface area contributed by atoms with Crippen molar-refractivity contribution in [3.8, 4) is 0 Å². The Bertz CT molecular complexity index is 578. The van der Waals surface area contributed by atoms with Crippen LogP contribution in [0.1, 0.15) is 26.7 Å². The van der Waals surface area contributed by atoms with Crippen LogP contribution in [0.3, 0.4) is 0 Å². The molecule has 1 aliphatic rings. The molecule has 1 radical (unpaired) electrons. The van der Waals surface area contributed by atoms with Crippen LogP contribution in [-0.2, 0) is 51.9 Å². The number of carbonyl (C=O) groups excluding carboxylic acids is 4. The molecule has 1 rings (SSSR count). The number of hydrogen-bond acceptors (Lipinski definition) is 6. The molecule has 28 heavy (non-hydrogen) atoms. The monoisotopic (exact) mass is 488 g/mol. The summed E-state index contributed by atoms with van der Waals surface area (Å²) in [6, 6.07) is -2.42. The van der Waals surface area contributed by atoms with Gasteiger partial charge in [0.25, 0.3) is 0 Å². The van der Waals surface area contributed by atoms with Gasteiger partial charge in [-0.15, -0.1) is 0 Å². The number of hydrogen-bond donors (Lipinski definition) is 1. The second-order valence-corrected chi connectivity index (χ2v) is 7.58. The van der Waals surface area contributed by atoms with Crippen LogP contribution in [0.25, 0.3) is 0 Å². The molecule has 0 bridgehead atoms. The molecule has 1 fully saturated rings. The van der Waals surface area contributed by atoms with E-state index in [2.05, 4.69) is 12.6 Å². The first kappa shape index (κ1) is 27.5. The Balaban J connectivity index is 0.00000729. The molecule has 0 N–H and O–H groups in total. The molecule has 0 aromatic rings. The van der Waals surface area contributed by atoms with Crippen LogP contribution >= 0.6 is 12.6 Å². The van der Waals surface area contributed by atoms with E-state index in [9.17, 15) is 19.2 Å². The molecule has 0 spiro atoms. The molecule has 4 atom stereocenters. The SMILES string of the molecule is CC(C(=O)N1CCCC1C(=O)N(C)C(C)C(=O)N(C)C([C-]=O)CS)N(C)C.[Y].